The Balaban J connectivity index is 2.69. The summed E-state index contributed by atoms with van der Waals surface area (Å²) in [4.78, 5) is 0. The molecule has 2 aromatic rings. The van der Waals surface area contributed by atoms with Crippen LogP contribution in [0.1, 0.15) is 37.7 Å². The Kier molecular flexibility index (Phi) is 3.40. The van der Waals surface area contributed by atoms with Crippen LogP contribution in [-0.4, -0.2) is 9.78 Å². The first-order valence-electron chi connectivity index (χ1n) is 6.34. The van der Waals surface area contributed by atoms with Gasteiger partial charge in [0, 0.05) is 5.41 Å². The maximum Gasteiger partial charge on any atom is 0.435 e. The lowest BCUT2D eigenvalue weighted by molar-refractivity contribution is -0.141. The molecular weight excluding hydrogens is 265 g/mol. The predicted molar refractivity (Wildman–Crippen MR) is 72.0 cm³/mol. The highest BCUT2D eigenvalue weighted by Crippen LogP contribution is 2.34. The van der Waals surface area contributed by atoms with Crippen LogP contribution in [0.4, 0.5) is 13.2 Å². The Hall–Kier alpha value is -1.78. The first-order valence-corrected chi connectivity index (χ1v) is 6.34. The number of rotatable bonds is 1. The molecule has 2 rings (SSSR count). The fourth-order valence-corrected chi connectivity index (χ4v) is 2.04. The molecule has 0 aliphatic rings. The van der Waals surface area contributed by atoms with E-state index in [1.54, 1.807) is 12.1 Å². The fourth-order valence-electron chi connectivity index (χ4n) is 2.04. The topological polar surface area (TPSA) is 17.8 Å². The van der Waals surface area contributed by atoms with E-state index >= 15 is 0 Å². The molecule has 0 radical (unpaired) electrons. The Labute approximate surface area is 116 Å². The van der Waals surface area contributed by atoms with Gasteiger partial charge < -0.3 is 0 Å². The number of halogens is 3. The smallest absolute Gasteiger partial charge is 0.236 e. The van der Waals surface area contributed by atoms with Crippen molar-refractivity contribution < 1.29 is 13.2 Å². The minimum Gasteiger partial charge on any atom is -0.236 e. The zero-order chi connectivity index (χ0) is 15.1. The second-order valence-corrected chi connectivity index (χ2v) is 5.86. The van der Waals surface area contributed by atoms with Gasteiger partial charge >= 0.3 is 6.18 Å². The molecule has 0 amide bonds. The van der Waals surface area contributed by atoms with Gasteiger partial charge in [-0.1, -0.05) is 39.0 Å². The van der Waals surface area contributed by atoms with Gasteiger partial charge in [0.2, 0.25) is 0 Å². The van der Waals surface area contributed by atoms with Gasteiger partial charge in [-0.25, -0.2) is 4.68 Å². The molecule has 1 aromatic heterocycles. The van der Waals surface area contributed by atoms with Crippen LogP contribution in [-0.2, 0) is 11.6 Å². The molecule has 20 heavy (non-hydrogen) atoms. The van der Waals surface area contributed by atoms with E-state index in [9.17, 15) is 13.2 Å². The summed E-state index contributed by atoms with van der Waals surface area (Å²) in [7, 11) is 0. The molecule has 0 spiro atoms. The molecule has 0 saturated heterocycles. The van der Waals surface area contributed by atoms with E-state index < -0.39 is 17.3 Å². The summed E-state index contributed by atoms with van der Waals surface area (Å²) in [6.45, 7) is 7.48. The zero-order valence-electron chi connectivity index (χ0n) is 11.9. The standard InChI is InChI=1S/C15H17F3N2/c1-10-7-5-6-8-11(10)20-13(14(2,3)4)9-12(19-20)15(16,17)18/h5-9H,1-4H3. The first kappa shape index (κ1) is 14.6. The summed E-state index contributed by atoms with van der Waals surface area (Å²) in [5.74, 6) is 0. The van der Waals surface area contributed by atoms with Gasteiger partial charge in [-0.3, -0.25) is 0 Å². The van der Waals surface area contributed by atoms with Gasteiger partial charge in [0.15, 0.2) is 5.69 Å². The van der Waals surface area contributed by atoms with Crippen LogP contribution in [0.25, 0.3) is 5.69 Å². The summed E-state index contributed by atoms with van der Waals surface area (Å²) in [6, 6.07) is 8.41. The fraction of sp³-hybridized carbons (Fsp3) is 0.400. The van der Waals surface area contributed by atoms with Crippen molar-refractivity contribution >= 4 is 0 Å². The maximum absolute atomic E-state index is 12.9. The van der Waals surface area contributed by atoms with Crippen LogP contribution in [0.5, 0.6) is 0 Å². The lowest BCUT2D eigenvalue weighted by Gasteiger charge is -2.20. The average molecular weight is 282 g/mol. The summed E-state index contributed by atoms with van der Waals surface area (Å²) in [5.41, 5.74) is 0.811. The molecule has 0 saturated carbocycles. The molecule has 1 aromatic carbocycles. The van der Waals surface area contributed by atoms with E-state index in [0.717, 1.165) is 11.6 Å². The van der Waals surface area contributed by atoms with Crippen molar-refractivity contribution in [1.82, 2.24) is 9.78 Å². The molecule has 0 aliphatic heterocycles. The minimum atomic E-state index is -4.44. The number of hydrogen-bond donors (Lipinski definition) is 0. The molecule has 108 valence electrons. The number of benzene rings is 1. The number of nitrogens with zero attached hydrogens (tertiary/aromatic N) is 2. The highest BCUT2D eigenvalue weighted by Gasteiger charge is 2.36. The molecule has 0 fully saturated rings. The zero-order valence-corrected chi connectivity index (χ0v) is 11.9. The lowest BCUT2D eigenvalue weighted by atomic mass is 9.91. The van der Waals surface area contributed by atoms with Crippen molar-refractivity contribution in [3.63, 3.8) is 0 Å². The molecule has 5 heteroatoms. The molecule has 1 heterocycles. The van der Waals surface area contributed by atoms with Crippen LogP contribution in [0.3, 0.4) is 0 Å². The van der Waals surface area contributed by atoms with E-state index in [-0.39, 0.29) is 0 Å². The molecule has 0 bridgehead atoms. The number of alkyl halides is 3. The summed E-state index contributed by atoms with van der Waals surface area (Å²) in [6.07, 6.45) is -4.44. The van der Waals surface area contributed by atoms with Crippen LogP contribution in [0.15, 0.2) is 30.3 Å². The molecule has 0 N–H and O–H groups in total. The van der Waals surface area contributed by atoms with E-state index in [4.69, 9.17) is 0 Å². The van der Waals surface area contributed by atoms with Gasteiger partial charge in [0.1, 0.15) is 0 Å². The summed E-state index contributed by atoms with van der Waals surface area (Å²) in [5, 5.41) is 3.77. The van der Waals surface area contributed by atoms with Gasteiger partial charge in [0.25, 0.3) is 0 Å². The Morgan fingerprint density at radius 2 is 1.65 bits per heavy atom. The van der Waals surface area contributed by atoms with E-state index in [0.29, 0.717) is 11.4 Å². The molecule has 0 aliphatic carbocycles. The van der Waals surface area contributed by atoms with E-state index in [1.807, 2.05) is 39.8 Å². The van der Waals surface area contributed by atoms with Gasteiger partial charge in [-0.2, -0.15) is 18.3 Å². The molecule has 0 unspecified atom stereocenters. The number of hydrogen-bond acceptors (Lipinski definition) is 1. The van der Waals surface area contributed by atoms with Crippen molar-refractivity contribution in [3.05, 3.63) is 47.3 Å². The van der Waals surface area contributed by atoms with Gasteiger partial charge in [-0.05, 0) is 24.6 Å². The van der Waals surface area contributed by atoms with Crippen molar-refractivity contribution in [2.45, 2.75) is 39.3 Å². The highest BCUT2D eigenvalue weighted by molar-refractivity contribution is 5.42. The van der Waals surface area contributed by atoms with E-state index in [2.05, 4.69) is 5.10 Å². The second kappa shape index (κ2) is 4.65. The number of aromatic nitrogens is 2. The van der Waals surface area contributed by atoms with Crippen molar-refractivity contribution in [3.8, 4) is 5.69 Å². The van der Waals surface area contributed by atoms with Gasteiger partial charge in [-0.15, -0.1) is 0 Å². The van der Waals surface area contributed by atoms with Crippen LogP contribution < -0.4 is 0 Å². The van der Waals surface area contributed by atoms with Crippen molar-refractivity contribution in [2.24, 2.45) is 0 Å². The summed E-state index contributed by atoms with van der Waals surface area (Å²) >= 11 is 0. The largest absolute Gasteiger partial charge is 0.435 e. The normalized spacial score (nSPS) is 12.8. The summed E-state index contributed by atoms with van der Waals surface area (Å²) < 4.78 is 40.1. The number of para-hydroxylation sites is 1. The monoisotopic (exact) mass is 282 g/mol. The SMILES string of the molecule is Cc1ccccc1-n1nc(C(F)(F)F)cc1C(C)(C)C. The molecule has 0 atom stereocenters. The van der Waals surface area contributed by atoms with Crippen molar-refractivity contribution in [2.75, 3.05) is 0 Å². The molecular formula is C15H17F3N2. The maximum atomic E-state index is 12.9. The number of aryl methyl sites for hydroxylation is 1. The van der Waals surface area contributed by atoms with Crippen LogP contribution >= 0.6 is 0 Å². The van der Waals surface area contributed by atoms with Crippen LogP contribution in [0, 0.1) is 6.92 Å². The molecule has 2 nitrogen and oxygen atoms in total. The Morgan fingerprint density at radius 3 is 2.15 bits per heavy atom. The third-order valence-electron chi connectivity index (χ3n) is 3.11. The van der Waals surface area contributed by atoms with Gasteiger partial charge in [0.05, 0.1) is 11.4 Å². The average Bonchev–Trinajstić information content (AvgIpc) is 2.73. The highest BCUT2D eigenvalue weighted by atomic mass is 19.4. The van der Waals surface area contributed by atoms with Crippen molar-refractivity contribution in [1.29, 1.82) is 0 Å². The van der Waals surface area contributed by atoms with E-state index in [1.165, 1.54) is 4.68 Å². The third kappa shape index (κ3) is 2.71. The predicted octanol–water partition coefficient (Wildman–Crippen LogP) is 4.50. The lowest BCUT2D eigenvalue weighted by Crippen LogP contribution is -2.17. The minimum absolute atomic E-state index is 0.432. The third-order valence-corrected chi connectivity index (χ3v) is 3.11. The Bertz CT molecular complexity index is 619. The van der Waals surface area contributed by atoms with Crippen LogP contribution in [0.2, 0.25) is 0 Å². The Morgan fingerprint density at radius 1 is 1.05 bits per heavy atom. The quantitative estimate of drug-likeness (QED) is 0.753. The first-order chi connectivity index (χ1) is 9.10. The second-order valence-electron chi connectivity index (χ2n) is 5.86.